The number of thioether (sulfide) groups is 1. The zero-order valence-electron chi connectivity index (χ0n) is 6.29. The summed E-state index contributed by atoms with van der Waals surface area (Å²) >= 11 is 1.12. The lowest BCUT2D eigenvalue weighted by Crippen LogP contribution is -2.22. The molecule has 0 unspecified atom stereocenters. The lowest BCUT2D eigenvalue weighted by Gasteiger charge is -1.91. The Bertz CT molecular complexity index is 304. The van der Waals surface area contributed by atoms with Crippen molar-refractivity contribution in [2.45, 2.75) is 0 Å². The van der Waals surface area contributed by atoms with Crippen LogP contribution in [-0.4, -0.2) is 11.8 Å². The van der Waals surface area contributed by atoms with Gasteiger partial charge in [-0.2, -0.15) is 0 Å². The van der Waals surface area contributed by atoms with Crippen LogP contribution in [0.3, 0.4) is 0 Å². The molecule has 1 aliphatic heterocycles. The summed E-state index contributed by atoms with van der Waals surface area (Å²) in [6, 6.07) is 0. The van der Waals surface area contributed by atoms with Gasteiger partial charge in [0.1, 0.15) is 0 Å². The Hall–Kier alpha value is -1.29. The quantitative estimate of drug-likeness (QED) is 0.659. The van der Waals surface area contributed by atoms with Crippen LogP contribution < -0.4 is 5.32 Å². The zero-order chi connectivity index (χ0) is 9.14. The highest BCUT2D eigenvalue weighted by molar-refractivity contribution is 8.06. The molecule has 2 amide bonds. The van der Waals surface area contributed by atoms with E-state index in [1.54, 1.807) is 0 Å². The molecule has 12 heavy (non-hydrogen) atoms. The smallest absolute Gasteiger partial charge is 0.265 e. The summed E-state index contributed by atoms with van der Waals surface area (Å²) in [5.74, 6) is -0.765. The van der Waals surface area contributed by atoms with Crippen LogP contribution in [0.2, 0.25) is 0 Å². The van der Waals surface area contributed by atoms with Gasteiger partial charge in [0.05, 0.1) is 10.5 Å². The van der Waals surface area contributed by atoms with Gasteiger partial charge < -0.3 is 0 Å². The fourth-order valence-corrected chi connectivity index (χ4v) is 1.47. The average molecular weight is 181 g/mol. The summed E-state index contributed by atoms with van der Waals surface area (Å²) < 4.78 is 0. The van der Waals surface area contributed by atoms with E-state index in [1.807, 2.05) is 0 Å². The van der Waals surface area contributed by atoms with E-state index in [0.29, 0.717) is 10.5 Å². The van der Waals surface area contributed by atoms with Gasteiger partial charge in [-0.15, -0.1) is 0 Å². The van der Waals surface area contributed by atoms with Crippen molar-refractivity contribution in [3.8, 4) is 0 Å². The molecule has 62 valence electrons. The van der Waals surface area contributed by atoms with Gasteiger partial charge in [-0.3, -0.25) is 14.9 Å². The van der Waals surface area contributed by atoms with Crippen LogP contribution in [0.5, 0.6) is 0 Å². The monoisotopic (exact) mass is 181 g/mol. The van der Waals surface area contributed by atoms with Crippen molar-refractivity contribution < 1.29 is 9.59 Å². The molecule has 1 aliphatic rings. The highest BCUT2D eigenvalue weighted by Gasteiger charge is 2.27. The van der Waals surface area contributed by atoms with E-state index in [4.69, 9.17) is 0 Å². The second-order valence-corrected chi connectivity index (χ2v) is 2.99. The maximum Gasteiger partial charge on any atom is 0.265 e. The Kier molecular flexibility index (Phi) is 2.50. The van der Waals surface area contributed by atoms with Crippen molar-refractivity contribution in [3.05, 3.63) is 35.1 Å². The summed E-state index contributed by atoms with van der Waals surface area (Å²) in [6.45, 7) is 6.90. The molecule has 0 spiro atoms. The average Bonchev–Trinajstić information content (AvgIpc) is 2.28. The molecule has 0 aromatic heterocycles. The number of amides is 2. The molecule has 3 nitrogen and oxygen atoms in total. The van der Waals surface area contributed by atoms with Crippen molar-refractivity contribution in [3.63, 3.8) is 0 Å². The molecule has 1 N–H and O–H groups in total. The summed E-state index contributed by atoms with van der Waals surface area (Å²) in [4.78, 5) is 22.4. The highest BCUT2D eigenvalue weighted by atomic mass is 32.2. The van der Waals surface area contributed by atoms with Crippen molar-refractivity contribution in [1.82, 2.24) is 5.32 Å². The minimum Gasteiger partial charge on any atom is -0.288 e. The second-order valence-electron chi connectivity index (χ2n) is 2.01. The molecule has 0 fully saturated rings. The Morgan fingerprint density at radius 3 is 2.42 bits per heavy atom. The van der Waals surface area contributed by atoms with Crippen LogP contribution in [0.25, 0.3) is 0 Å². The number of carbonyl (C=O) groups is 2. The van der Waals surface area contributed by atoms with Crippen molar-refractivity contribution >= 4 is 23.6 Å². The molecule has 0 atom stereocenters. The number of hydrogen-bond donors (Lipinski definition) is 1. The first-order valence-electron chi connectivity index (χ1n) is 3.20. The first-order valence-corrected chi connectivity index (χ1v) is 4.08. The van der Waals surface area contributed by atoms with Crippen molar-refractivity contribution in [2.75, 3.05) is 0 Å². The second kappa shape index (κ2) is 3.40. The topological polar surface area (TPSA) is 46.2 Å². The number of rotatable bonds is 3. The van der Waals surface area contributed by atoms with E-state index < -0.39 is 0 Å². The molecule has 1 heterocycles. The number of hydrogen-bond acceptors (Lipinski definition) is 3. The standard InChI is InChI=1S/C8H7NO2S/c1-3-5-6(12-4-2)8(11)9-7(5)10/h3-4H,1-2H2,(H,9,10,11). The third-order valence-corrected chi connectivity index (χ3v) is 2.14. The van der Waals surface area contributed by atoms with Gasteiger partial charge >= 0.3 is 0 Å². The van der Waals surface area contributed by atoms with E-state index >= 15 is 0 Å². The molecular weight excluding hydrogens is 174 g/mol. The van der Waals surface area contributed by atoms with E-state index in [9.17, 15) is 9.59 Å². The van der Waals surface area contributed by atoms with Crippen LogP contribution in [-0.2, 0) is 9.59 Å². The van der Waals surface area contributed by atoms with Gasteiger partial charge in [0.2, 0.25) is 0 Å². The van der Waals surface area contributed by atoms with Gasteiger partial charge in [0.15, 0.2) is 0 Å². The molecule has 0 radical (unpaired) electrons. The largest absolute Gasteiger partial charge is 0.288 e. The third kappa shape index (κ3) is 1.33. The lowest BCUT2D eigenvalue weighted by atomic mass is 10.3. The van der Waals surface area contributed by atoms with E-state index in [2.05, 4.69) is 18.5 Å². The number of nitrogens with one attached hydrogen (secondary N) is 1. The van der Waals surface area contributed by atoms with Crippen molar-refractivity contribution in [2.24, 2.45) is 0 Å². The van der Waals surface area contributed by atoms with Crippen molar-refractivity contribution in [1.29, 1.82) is 0 Å². The lowest BCUT2D eigenvalue weighted by molar-refractivity contribution is -0.123. The summed E-state index contributed by atoms with van der Waals surface area (Å²) in [7, 11) is 0. The third-order valence-electron chi connectivity index (χ3n) is 1.33. The molecular formula is C8H7NO2S. The maximum atomic E-state index is 11.0. The van der Waals surface area contributed by atoms with Crippen LogP contribution >= 0.6 is 11.8 Å². The van der Waals surface area contributed by atoms with Crippen LogP contribution in [0.4, 0.5) is 0 Å². The molecule has 0 aromatic rings. The normalized spacial score (nSPS) is 16.3. The molecule has 0 saturated heterocycles. The molecule has 0 aromatic carbocycles. The Morgan fingerprint density at radius 1 is 1.25 bits per heavy atom. The predicted octanol–water partition coefficient (Wildman–Crippen LogP) is 0.960. The fourth-order valence-electron chi connectivity index (χ4n) is 0.838. The van der Waals surface area contributed by atoms with Gasteiger partial charge in [-0.25, -0.2) is 0 Å². The minimum atomic E-state index is -0.389. The Labute approximate surface area is 74.2 Å². The molecule has 1 rings (SSSR count). The SMILES string of the molecule is C=CSC1=C(C=C)C(=O)NC1=O. The number of carbonyl (C=O) groups excluding carboxylic acids is 2. The summed E-state index contributed by atoms with van der Waals surface area (Å²) in [5.41, 5.74) is 0.324. The molecule has 0 aliphatic carbocycles. The van der Waals surface area contributed by atoms with Crippen LogP contribution in [0.15, 0.2) is 35.1 Å². The number of imide groups is 1. The Morgan fingerprint density at radius 2 is 1.92 bits per heavy atom. The first kappa shape index (κ1) is 8.80. The highest BCUT2D eigenvalue weighted by Crippen LogP contribution is 2.25. The first-order chi connectivity index (χ1) is 5.70. The fraction of sp³-hybridized carbons (Fsp3) is 0. The van der Waals surface area contributed by atoms with E-state index in [-0.39, 0.29) is 11.8 Å². The minimum absolute atomic E-state index is 0.324. The molecule has 4 heteroatoms. The Balaban J connectivity index is 3.08. The van der Waals surface area contributed by atoms with Gasteiger partial charge in [-0.1, -0.05) is 31.0 Å². The van der Waals surface area contributed by atoms with Gasteiger partial charge in [-0.05, 0) is 5.41 Å². The maximum absolute atomic E-state index is 11.0. The summed E-state index contributed by atoms with van der Waals surface area (Å²) in [5, 5.41) is 3.66. The van der Waals surface area contributed by atoms with E-state index in [0.717, 1.165) is 11.8 Å². The predicted molar refractivity (Wildman–Crippen MR) is 48.2 cm³/mol. The molecule has 0 saturated carbocycles. The van der Waals surface area contributed by atoms with E-state index in [1.165, 1.54) is 11.5 Å². The zero-order valence-corrected chi connectivity index (χ0v) is 7.11. The van der Waals surface area contributed by atoms with Crippen LogP contribution in [0, 0.1) is 0 Å². The van der Waals surface area contributed by atoms with Crippen LogP contribution in [0.1, 0.15) is 0 Å². The van der Waals surface area contributed by atoms with Gasteiger partial charge in [0, 0.05) is 0 Å². The van der Waals surface area contributed by atoms with Gasteiger partial charge in [0.25, 0.3) is 11.8 Å². The molecule has 0 bridgehead atoms. The summed E-state index contributed by atoms with van der Waals surface area (Å²) in [6.07, 6.45) is 1.37.